The Hall–Kier alpha value is -2.60. The van der Waals surface area contributed by atoms with Crippen molar-refractivity contribution in [1.82, 2.24) is 0 Å². The Morgan fingerprint density at radius 1 is 0.815 bits per heavy atom. The van der Waals surface area contributed by atoms with Crippen LogP contribution in [0.15, 0.2) is 46.2 Å². The van der Waals surface area contributed by atoms with E-state index in [1.165, 1.54) is 50.2 Å². The van der Waals surface area contributed by atoms with E-state index < -0.39 is 34.0 Å². The Morgan fingerprint density at radius 2 is 1.19 bits per heavy atom. The lowest BCUT2D eigenvalue weighted by Gasteiger charge is -2.15. The molecule has 0 aliphatic heterocycles. The van der Waals surface area contributed by atoms with Gasteiger partial charge in [-0.1, -0.05) is 0 Å². The molecule has 2 aromatic rings. The third-order valence-corrected chi connectivity index (χ3v) is 4.46. The molecule has 0 aromatic heterocycles. The highest BCUT2D eigenvalue weighted by atomic mass is 32.2. The third kappa shape index (κ3) is 5.69. The number of benzene rings is 2. The number of carbonyl (C=O) groups excluding carboxylic acids is 2. The fourth-order valence-electron chi connectivity index (χ4n) is 2.11. The monoisotopic (exact) mass is 412 g/mol. The zero-order chi connectivity index (χ0) is 20.1. The lowest BCUT2D eigenvalue weighted by Crippen LogP contribution is -2.09. The number of anilines is 2. The molecule has 0 radical (unpaired) electrons. The quantitative estimate of drug-likeness (QED) is 0.534. The Kier molecular flexibility index (Phi) is 6.80. The number of nitrogens with one attached hydrogen (secondary N) is 2. The first-order chi connectivity index (χ1) is 12.7. The zero-order valence-corrected chi connectivity index (χ0v) is 15.8. The topological polar surface area (TPSA) is 142 Å². The Bertz CT molecular complexity index is 871. The van der Waals surface area contributed by atoms with E-state index in [0.717, 1.165) is 0 Å². The highest BCUT2D eigenvalue weighted by molar-refractivity contribution is 7.79. The van der Waals surface area contributed by atoms with Crippen LogP contribution in [0.2, 0.25) is 0 Å². The van der Waals surface area contributed by atoms with Crippen molar-refractivity contribution in [3.63, 3.8) is 0 Å². The van der Waals surface area contributed by atoms with Gasteiger partial charge in [0, 0.05) is 13.8 Å². The fraction of sp³-hybridized carbons (Fsp3) is 0.125. The normalized spacial score (nSPS) is 12.7. The van der Waals surface area contributed by atoms with Gasteiger partial charge in [0.2, 0.25) is 11.8 Å². The molecule has 2 rings (SSSR count). The molecule has 2 aromatic carbocycles. The molecule has 0 aliphatic rings. The molecule has 9 nitrogen and oxygen atoms in total. The lowest BCUT2D eigenvalue weighted by molar-refractivity contribution is -0.115. The molecule has 0 bridgehead atoms. The fourth-order valence-corrected chi connectivity index (χ4v) is 2.91. The molecule has 0 heterocycles. The summed E-state index contributed by atoms with van der Waals surface area (Å²) in [5, 5.41) is 4.99. The maximum absolute atomic E-state index is 11.4. The van der Waals surface area contributed by atoms with Crippen LogP contribution in [0.4, 0.5) is 11.4 Å². The van der Waals surface area contributed by atoms with E-state index in [0.29, 0.717) is 0 Å². The van der Waals surface area contributed by atoms with E-state index in [1.807, 2.05) is 0 Å². The second-order valence-corrected chi connectivity index (χ2v) is 7.22. The molecule has 27 heavy (non-hydrogen) atoms. The molecule has 0 saturated carbocycles. The van der Waals surface area contributed by atoms with Crippen LogP contribution in [0.25, 0.3) is 0 Å². The number of hydrogen-bond donors (Lipinski definition) is 4. The van der Waals surface area contributed by atoms with Gasteiger partial charge in [-0.05, 0) is 36.4 Å². The van der Waals surface area contributed by atoms with Crippen molar-refractivity contribution >= 4 is 45.4 Å². The van der Waals surface area contributed by atoms with Crippen LogP contribution in [0.3, 0.4) is 0 Å². The second-order valence-electron chi connectivity index (χ2n) is 5.28. The van der Waals surface area contributed by atoms with Gasteiger partial charge in [-0.15, -0.1) is 0 Å². The van der Waals surface area contributed by atoms with Crippen LogP contribution < -0.4 is 15.4 Å². The highest BCUT2D eigenvalue weighted by Gasteiger charge is 2.15. The van der Waals surface area contributed by atoms with Crippen molar-refractivity contribution in [2.24, 2.45) is 0 Å². The minimum Gasteiger partial charge on any atom is -0.453 e. The van der Waals surface area contributed by atoms with Crippen molar-refractivity contribution in [3.05, 3.63) is 36.4 Å². The minimum absolute atomic E-state index is 0.0548. The first-order valence-electron chi connectivity index (χ1n) is 7.40. The summed E-state index contributed by atoms with van der Waals surface area (Å²) in [6.45, 7) is 2.53. The van der Waals surface area contributed by atoms with Gasteiger partial charge < -0.3 is 24.5 Å². The Labute approximate surface area is 159 Å². The standard InChI is InChI=1S/C16H16N2O7S2/c1-9(19)17-13-7-11(26(21)22)3-5-15(13)25-16-6-4-12(27(23)24)8-14(16)18-10(2)20/h3-8H,1-2H3,(H,17,19)(H,18,20)(H,21,22)(H,23,24). The molecular formula is C16H16N2O7S2. The number of carbonyl (C=O) groups is 2. The molecule has 2 atom stereocenters. The van der Waals surface area contributed by atoms with Gasteiger partial charge in [0.05, 0.1) is 21.2 Å². The van der Waals surface area contributed by atoms with Gasteiger partial charge in [-0.2, -0.15) is 0 Å². The van der Waals surface area contributed by atoms with Gasteiger partial charge in [0.1, 0.15) is 0 Å². The summed E-state index contributed by atoms with van der Waals surface area (Å²) in [6, 6.07) is 8.00. The Balaban J connectivity index is 2.48. The Morgan fingerprint density at radius 3 is 1.48 bits per heavy atom. The van der Waals surface area contributed by atoms with E-state index in [-0.39, 0.29) is 32.7 Å². The maximum Gasteiger partial charge on any atom is 0.221 e. The van der Waals surface area contributed by atoms with Gasteiger partial charge in [0.25, 0.3) is 0 Å². The summed E-state index contributed by atoms with van der Waals surface area (Å²) in [5.74, 6) is -0.560. The van der Waals surface area contributed by atoms with Crippen LogP contribution in [0.1, 0.15) is 13.8 Å². The lowest BCUT2D eigenvalue weighted by atomic mass is 10.2. The first-order valence-corrected chi connectivity index (χ1v) is 9.61. The maximum atomic E-state index is 11.4. The molecule has 144 valence electrons. The zero-order valence-electron chi connectivity index (χ0n) is 14.2. The molecule has 2 amide bonds. The second kappa shape index (κ2) is 8.86. The van der Waals surface area contributed by atoms with Crippen LogP contribution in [0, 0.1) is 0 Å². The predicted octanol–water partition coefficient (Wildman–Crippen LogP) is 2.56. The van der Waals surface area contributed by atoms with Crippen molar-refractivity contribution < 1.29 is 31.8 Å². The number of rotatable bonds is 6. The first kappa shape index (κ1) is 20.7. The number of amides is 2. The minimum atomic E-state index is -2.25. The van der Waals surface area contributed by atoms with E-state index in [4.69, 9.17) is 4.74 Å². The molecule has 11 heteroatoms. The van der Waals surface area contributed by atoms with Crippen molar-refractivity contribution in [3.8, 4) is 11.5 Å². The number of hydrogen-bond acceptors (Lipinski definition) is 5. The van der Waals surface area contributed by atoms with Crippen molar-refractivity contribution in [2.45, 2.75) is 23.6 Å². The van der Waals surface area contributed by atoms with Crippen molar-refractivity contribution in [2.75, 3.05) is 10.6 Å². The summed E-state index contributed by atoms with van der Waals surface area (Å²) in [5.41, 5.74) is 0.289. The molecule has 0 saturated heterocycles. The molecular weight excluding hydrogens is 396 g/mol. The van der Waals surface area contributed by atoms with Gasteiger partial charge in [-0.3, -0.25) is 9.59 Å². The number of ether oxygens (including phenoxy) is 1. The summed E-state index contributed by atoms with van der Waals surface area (Å²) in [4.78, 5) is 22.9. The van der Waals surface area contributed by atoms with E-state index in [2.05, 4.69) is 10.6 Å². The van der Waals surface area contributed by atoms with Gasteiger partial charge >= 0.3 is 0 Å². The van der Waals surface area contributed by atoms with Crippen LogP contribution in [-0.4, -0.2) is 29.3 Å². The average Bonchev–Trinajstić information content (AvgIpc) is 2.56. The summed E-state index contributed by atoms with van der Waals surface area (Å²) < 4.78 is 46.6. The van der Waals surface area contributed by atoms with Crippen LogP contribution in [-0.2, 0) is 31.7 Å². The highest BCUT2D eigenvalue weighted by Crippen LogP contribution is 2.36. The molecule has 4 N–H and O–H groups in total. The van der Waals surface area contributed by atoms with Crippen LogP contribution >= 0.6 is 0 Å². The largest absolute Gasteiger partial charge is 0.453 e. The van der Waals surface area contributed by atoms with E-state index in [9.17, 15) is 27.1 Å². The van der Waals surface area contributed by atoms with Crippen molar-refractivity contribution in [1.29, 1.82) is 0 Å². The molecule has 0 fully saturated rings. The van der Waals surface area contributed by atoms with E-state index >= 15 is 0 Å². The van der Waals surface area contributed by atoms with Gasteiger partial charge in [0.15, 0.2) is 33.7 Å². The van der Waals surface area contributed by atoms with Crippen LogP contribution in [0.5, 0.6) is 11.5 Å². The van der Waals surface area contributed by atoms with Gasteiger partial charge in [-0.25, -0.2) is 8.42 Å². The molecule has 0 spiro atoms. The average molecular weight is 412 g/mol. The summed E-state index contributed by atoms with van der Waals surface area (Å²) in [6.07, 6.45) is 0. The predicted molar refractivity (Wildman–Crippen MR) is 99.6 cm³/mol. The third-order valence-electron chi connectivity index (χ3n) is 3.15. The SMILES string of the molecule is CC(=O)Nc1cc(S(=O)O)ccc1Oc1ccc(S(=O)O)cc1NC(C)=O. The van der Waals surface area contributed by atoms with E-state index in [1.54, 1.807) is 0 Å². The smallest absolute Gasteiger partial charge is 0.221 e. The molecule has 2 unspecified atom stereocenters. The molecule has 0 aliphatic carbocycles. The summed E-state index contributed by atoms with van der Waals surface area (Å²) in [7, 11) is 0. The summed E-state index contributed by atoms with van der Waals surface area (Å²) >= 11 is -4.51.